The second-order valence-electron chi connectivity index (χ2n) is 6.05. The van der Waals surface area contributed by atoms with Crippen molar-refractivity contribution in [2.45, 2.75) is 18.9 Å². The van der Waals surface area contributed by atoms with Gasteiger partial charge in [0, 0.05) is 16.6 Å². The third-order valence-electron chi connectivity index (χ3n) is 4.25. The maximum atomic E-state index is 12.8. The average molecular weight is 389 g/mol. The number of piperidine rings is 1. The molecule has 26 heavy (non-hydrogen) atoms. The lowest BCUT2D eigenvalue weighted by Crippen LogP contribution is -2.34. The van der Waals surface area contributed by atoms with Gasteiger partial charge in [0.15, 0.2) is 0 Å². The minimum atomic E-state index is -0.243. The predicted octanol–water partition coefficient (Wildman–Crippen LogP) is 3.73. The molecule has 1 amide bonds. The van der Waals surface area contributed by atoms with Crippen LogP contribution >= 0.6 is 22.9 Å². The summed E-state index contributed by atoms with van der Waals surface area (Å²) < 4.78 is 6.98. The van der Waals surface area contributed by atoms with E-state index in [-0.39, 0.29) is 12.0 Å². The molecule has 0 radical (unpaired) electrons. The monoisotopic (exact) mass is 388 g/mol. The number of carbonyl (C=O) groups excluding carboxylic acids is 1. The lowest BCUT2D eigenvalue weighted by molar-refractivity contribution is 0.102. The fourth-order valence-electron chi connectivity index (χ4n) is 2.93. The Kier molecular flexibility index (Phi) is 5.01. The van der Waals surface area contributed by atoms with Crippen molar-refractivity contribution < 1.29 is 9.53 Å². The Hall–Kier alpha value is -2.22. The number of amides is 1. The van der Waals surface area contributed by atoms with Crippen LogP contribution < -0.4 is 15.4 Å². The van der Waals surface area contributed by atoms with Crippen LogP contribution in [0.2, 0.25) is 5.02 Å². The minimum absolute atomic E-state index is 0.128. The van der Waals surface area contributed by atoms with E-state index in [0.717, 1.165) is 30.6 Å². The molecule has 1 saturated heterocycles. The van der Waals surface area contributed by atoms with E-state index in [1.165, 1.54) is 17.7 Å². The van der Waals surface area contributed by atoms with Crippen LogP contribution in [0.25, 0.3) is 10.2 Å². The van der Waals surface area contributed by atoms with Crippen LogP contribution in [-0.4, -0.2) is 35.1 Å². The quantitative estimate of drug-likeness (QED) is 0.712. The van der Waals surface area contributed by atoms with Gasteiger partial charge >= 0.3 is 0 Å². The molecule has 0 saturated carbocycles. The summed E-state index contributed by atoms with van der Waals surface area (Å²) in [5, 5.41) is 8.55. The average Bonchev–Trinajstić information content (AvgIpc) is 3.09. The number of thiophene rings is 1. The fourth-order valence-corrected chi connectivity index (χ4v) is 3.96. The number of rotatable bonds is 4. The van der Waals surface area contributed by atoms with E-state index in [4.69, 9.17) is 16.3 Å². The molecule has 6 nitrogen and oxygen atoms in total. The van der Waals surface area contributed by atoms with Gasteiger partial charge in [-0.2, -0.15) is 0 Å². The second-order valence-corrected chi connectivity index (χ2v) is 7.39. The number of anilines is 1. The van der Waals surface area contributed by atoms with Crippen LogP contribution in [0.1, 0.15) is 23.2 Å². The molecule has 0 atom stereocenters. The van der Waals surface area contributed by atoms with E-state index < -0.39 is 0 Å². The van der Waals surface area contributed by atoms with Crippen LogP contribution in [-0.2, 0) is 0 Å². The van der Waals surface area contributed by atoms with Crippen molar-refractivity contribution in [3.05, 3.63) is 46.7 Å². The Morgan fingerprint density at radius 2 is 2.19 bits per heavy atom. The van der Waals surface area contributed by atoms with E-state index in [1.54, 1.807) is 29.8 Å². The third-order valence-corrected chi connectivity index (χ3v) is 5.39. The van der Waals surface area contributed by atoms with Crippen LogP contribution in [0, 0.1) is 0 Å². The number of hydrogen-bond acceptors (Lipinski definition) is 6. The maximum Gasteiger partial charge on any atom is 0.258 e. The van der Waals surface area contributed by atoms with E-state index in [2.05, 4.69) is 20.6 Å². The van der Waals surface area contributed by atoms with Gasteiger partial charge < -0.3 is 15.4 Å². The van der Waals surface area contributed by atoms with Gasteiger partial charge in [0.1, 0.15) is 18.2 Å². The first kappa shape index (κ1) is 17.2. The lowest BCUT2D eigenvalue weighted by Gasteiger charge is -2.25. The van der Waals surface area contributed by atoms with Gasteiger partial charge in [-0.3, -0.25) is 4.79 Å². The topological polar surface area (TPSA) is 76.1 Å². The van der Waals surface area contributed by atoms with Gasteiger partial charge in [-0.25, -0.2) is 9.97 Å². The number of nitrogens with one attached hydrogen (secondary N) is 2. The zero-order valence-corrected chi connectivity index (χ0v) is 15.4. The van der Waals surface area contributed by atoms with Gasteiger partial charge in [-0.05, 0) is 44.1 Å². The lowest BCUT2D eigenvalue weighted by atomic mass is 10.1. The largest absolute Gasteiger partial charge is 0.488 e. The Morgan fingerprint density at radius 1 is 1.35 bits per heavy atom. The highest BCUT2D eigenvalue weighted by Crippen LogP contribution is 2.31. The molecule has 2 aromatic heterocycles. The summed E-state index contributed by atoms with van der Waals surface area (Å²) in [7, 11) is 0. The number of fused-ring (bicyclic) bond motifs is 1. The van der Waals surface area contributed by atoms with Gasteiger partial charge in [0.05, 0.1) is 21.5 Å². The molecule has 0 bridgehead atoms. The maximum absolute atomic E-state index is 12.8. The zero-order valence-electron chi connectivity index (χ0n) is 13.9. The highest BCUT2D eigenvalue weighted by atomic mass is 35.5. The number of ether oxygens (including phenoxy) is 1. The molecule has 3 aromatic rings. The van der Waals surface area contributed by atoms with Gasteiger partial charge in [0.25, 0.3) is 5.91 Å². The molecule has 0 spiro atoms. The van der Waals surface area contributed by atoms with Crippen molar-refractivity contribution in [3.63, 3.8) is 0 Å². The molecule has 8 heteroatoms. The Morgan fingerprint density at radius 3 is 3.04 bits per heavy atom. The number of halogens is 1. The normalized spacial score (nSPS) is 15.1. The SMILES string of the molecule is O=C(Nc1cc(Cl)ccc1OC1CCNCC1)c1csc2cncnc12. The van der Waals surface area contributed by atoms with Crippen molar-refractivity contribution in [1.82, 2.24) is 15.3 Å². The standard InChI is InChI=1S/C18H17ClN4O2S/c19-11-1-2-15(25-12-3-5-20-6-4-12)14(7-11)23-18(24)13-9-26-16-8-21-10-22-17(13)16/h1-2,7-10,12,20H,3-6H2,(H,23,24). The minimum Gasteiger partial charge on any atom is -0.488 e. The smallest absolute Gasteiger partial charge is 0.258 e. The molecule has 1 aromatic carbocycles. The Labute approximate surface area is 159 Å². The number of aromatic nitrogens is 2. The number of carbonyl (C=O) groups is 1. The first-order valence-corrected chi connectivity index (χ1v) is 9.62. The summed E-state index contributed by atoms with van der Waals surface area (Å²) in [4.78, 5) is 21.0. The molecular weight excluding hydrogens is 372 g/mol. The Bertz CT molecular complexity index is 940. The zero-order chi connectivity index (χ0) is 17.9. The van der Waals surface area contributed by atoms with Crippen molar-refractivity contribution >= 4 is 44.7 Å². The molecule has 134 valence electrons. The highest BCUT2D eigenvalue weighted by molar-refractivity contribution is 7.17. The molecule has 4 rings (SSSR count). The first-order valence-electron chi connectivity index (χ1n) is 8.36. The molecule has 1 aliphatic rings. The third kappa shape index (κ3) is 3.65. The summed E-state index contributed by atoms with van der Waals surface area (Å²) in [5.41, 5.74) is 1.72. The molecule has 2 N–H and O–H groups in total. The second kappa shape index (κ2) is 7.57. The fraction of sp³-hybridized carbons (Fsp3) is 0.278. The van der Waals surface area contributed by atoms with Gasteiger partial charge in [-0.1, -0.05) is 11.6 Å². The predicted molar refractivity (Wildman–Crippen MR) is 103 cm³/mol. The van der Waals surface area contributed by atoms with Crippen molar-refractivity contribution in [2.75, 3.05) is 18.4 Å². The van der Waals surface area contributed by atoms with Crippen LogP contribution in [0.15, 0.2) is 36.1 Å². The van der Waals surface area contributed by atoms with E-state index in [1.807, 2.05) is 0 Å². The van der Waals surface area contributed by atoms with E-state index in [9.17, 15) is 4.79 Å². The molecule has 0 aliphatic carbocycles. The van der Waals surface area contributed by atoms with Crippen LogP contribution in [0.3, 0.4) is 0 Å². The summed E-state index contributed by atoms with van der Waals surface area (Å²) in [5.74, 6) is 0.385. The molecule has 3 heterocycles. The van der Waals surface area contributed by atoms with E-state index >= 15 is 0 Å². The van der Waals surface area contributed by atoms with Gasteiger partial charge in [0.2, 0.25) is 0 Å². The number of benzene rings is 1. The van der Waals surface area contributed by atoms with E-state index in [0.29, 0.717) is 27.5 Å². The molecule has 1 aliphatic heterocycles. The summed E-state index contributed by atoms with van der Waals surface area (Å²) in [6.45, 7) is 1.86. The summed E-state index contributed by atoms with van der Waals surface area (Å²) >= 11 is 7.57. The summed E-state index contributed by atoms with van der Waals surface area (Å²) in [6, 6.07) is 5.27. The number of nitrogens with zero attached hydrogens (tertiary/aromatic N) is 2. The van der Waals surface area contributed by atoms with Crippen molar-refractivity contribution in [2.24, 2.45) is 0 Å². The van der Waals surface area contributed by atoms with Crippen molar-refractivity contribution in [1.29, 1.82) is 0 Å². The Balaban J connectivity index is 1.58. The molecule has 0 unspecified atom stereocenters. The number of hydrogen-bond donors (Lipinski definition) is 2. The summed E-state index contributed by atoms with van der Waals surface area (Å²) in [6.07, 6.45) is 5.14. The van der Waals surface area contributed by atoms with Crippen LogP contribution in [0.5, 0.6) is 5.75 Å². The van der Waals surface area contributed by atoms with Gasteiger partial charge in [-0.15, -0.1) is 11.3 Å². The van der Waals surface area contributed by atoms with Crippen molar-refractivity contribution in [3.8, 4) is 5.75 Å². The van der Waals surface area contributed by atoms with Crippen LogP contribution in [0.4, 0.5) is 5.69 Å². The molecular formula is C18H17ClN4O2S. The molecule has 1 fully saturated rings. The highest BCUT2D eigenvalue weighted by Gasteiger charge is 2.19. The first-order chi connectivity index (χ1) is 12.7.